The molecule has 112 valence electrons. The molecule has 19 heavy (non-hydrogen) atoms. The molecule has 0 heterocycles. The first-order chi connectivity index (χ1) is 8.97. The fourth-order valence-corrected chi connectivity index (χ4v) is 2.39. The maximum atomic E-state index is 12.5. The normalized spacial score (nSPS) is 18.7. The summed E-state index contributed by atoms with van der Waals surface area (Å²) in [5, 5.41) is 3.50. The average Bonchev–Trinajstić information content (AvgIpc) is 3.18. The summed E-state index contributed by atoms with van der Waals surface area (Å²) < 4.78 is 5.36. The topological polar surface area (TPSA) is 41.6 Å². The van der Waals surface area contributed by atoms with Crippen molar-refractivity contribution in [2.24, 2.45) is 5.92 Å². The molecule has 0 aliphatic heterocycles. The van der Waals surface area contributed by atoms with Crippen molar-refractivity contribution in [3.63, 3.8) is 0 Å². The molecule has 1 N–H and O–H groups in total. The van der Waals surface area contributed by atoms with Gasteiger partial charge in [-0.2, -0.15) is 0 Å². The van der Waals surface area contributed by atoms with Crippen molar-refractivity contribution in [1.82, 2.24) is 10.2 Å². The molecule has 0 aromatic heterocycles. The van der Waals surface area contributed by atoms with Gasteiger partial charge < -0.3 is 15.0 Å². The molecule has 1 rings (SSSR count). The predicted octanol–water partition coefficient (Wildman–Crippen LogP) is 2.04. The Balaban J connectivity index is 2.87. The number of likely N-dealkylation sites (N-methyl/N-ethyl adjacent to an activating group) is 1. The number of esters is 1. The molecule has 1 saturated carbocycles. The Hall–Kier alpha value is -0.610. The highest BCUT2D eigenvalue weighted by molar-refractivity contribution is 5.82. The summed E-state index contributed by atoms with van der Waals surface area (Å²) in [6.07, 6.45) is 3.28. The Kier molecular flexibility index (Phi) is 6.27. The number of rotatable bonds is 9. The van der Waals surface area contributed by atoms with E-state index in [1.165, 1.54) is 0 Å². The van der Waals surface area contributed by atoms with Gasteiger partial charge in [-0.05, 0) is 59.5 Å². The second-order valence-electron chi connectivity index (χ2n) is 5.90. The highest BCUT2D eigenvalue weighted by Gasteiger charge is 2.52. The molecule has 4 nitrogen and oxygen atoms in total. The van der Waals surface area contributed by atoms with Gasteiger partial charge in [0, 0.05) is 12.6 Å². The van der Waals surface area contributed by atoms with E-state index in [-0.39, 0.29) is 5.97 Å². The van der Waals surface area contributed by atoms with Crippen molar-refractivity contribution < 1.29 is 9.53 Å². The van der Waals surface area contributed by atoms with Gasteiger partial charge >= 0.3 is 5.97 Å². The molecular weight excluding hydrogens is 240 g/mol. The van der Waals surface area contributed by atoms with Crippen LogP contribution in [0.1, 0.15) is 47.0 Å². The summed E-state index contributed by atoms with van der Waals surface area (Å²) in [5.41, 5.74) is -0.509. The van der Waals surface area contributed by atoms with Crippen LogP contribution in [0, 0.1) is 5.92 Å². The van der Waals surface area contributed by atoms with E-state index in [1.54, 1.807) is 0 Å². The summed E-state index contributed by atoms with van der Waals surface area (Å²) in [6.45, 7) is 10.4. The first-order valence-electron chi connectivity index (χ1n) is 7.60. The van der Waals surface area contributed by atoms with Crippen LogP contribution in [0.3, 0.4) is 0 Å². The van der Waals surface area contributed by atoms with Crippen molar-refractivity contribution in [2.75, 3.05) is 26.7 Å². The molecule has 1 atom stereocenters. The van der Waals surface area contributed by atoms with E-state index in [0.29, 0.717) is 18.6 Å². The minimum absolute atomic E-state index is 0.0709. The Morgan fingerprint density at radius 2 is 2.05 bits per heavy atom. The lowest BCUT2D eigenvalue weighted by molar-refractivity contribution is -0.153. The number of hydrogen-bond acceptors (Lipinski definition) is 4. The van der Waals surface area contributed by atoms with Crippen molar-refractivity contribution in [2.45, 2.75) is 58.5 Å². The quantitative estimate of drug-likeness (QED) is 0.651. The zero-order chi connectivity index (χ0) is 14.5. The van der Waals surface area contributed by atoms with Gasteiger partial charge in [0.1, 0.15) is 5.54 Å². The van der Waals surface area contributed by atoms with Gasteiger partial charge in [0.05, 0.1) is 6.61 Å². The third-order valence-corrected chi connectivity index (χ3v) is 3.98. The van der Waals surface area contributed by atoms with Gasteiger partial charge in [-0.25, -0.2) is 4.79 Å². The Bertz CT molecular complexity index is 290. The van der Waals surface area contributed by atoms with Crippen molar-refractivity contribution >= 4 is 5.97 Å². The molecule has 0 radical (unpaired) electrons. The Morgan fingerprint density at radius 1 is 1.42 bits per heavy atom. The van der Waals surface area contributed by atoms with E-state index in [1.807, 2.05) is 6.92 Å². The molecule has 4 heteroatoms. The molecular formula is C15H30N2O2. The van der Waals surface area contributed by atoms with Crippen molar-refractivity contribution in [3.05, 3.63) is 0 Å². The van der Waals surface area contributed by atoms with Gasteiger partial charge in [0.2, 0.25) is 0 Å². The lowest BCUT2D eigenvalue weighted by Crippen LogP contribution is -2.61. The van der Waals surface area contributed by atoms with E-state index >= 15 is 0 Å². The van der Waals surface area contributed by atoms with Crippen LogP contribution in [0.5, 0.6) is 0 Å². The zero-order valence-electron chi connectivity index (χ0n) is 13.2. The molecule has 0 aromatic carbocycles. The van der Waals surface area contributed by atoms with Crippen LogP contribution in [0.15, 0.2) is 0 Å². The predicted molar refractivity (Wildman–Crippen MR) is 78.1 cm³/mol. The zero-order valence-corrected chi connectivity index (χ0v) is 13.2. The average molecular weight is 270 g/mol. The van der Waals surface area contributed by atoms with E-state index in [9.17, 15) is 4.79 Å². The highest BCUT2D eigenvalue weighted by Crippen LogP contribution is 2.41. The van der Waals surface area contributed by atoms with Gasteiger partial charge in [-0.1, -0.05) is 6.92 Å². The standard InChI is InChI=1S/C15H30N2O2/c1-6-10-16-15(13-8-9-13,14(18)19-7-2)11-17(5)12(3)4/h12-13,16H,6-11H2,1-5H3. The second-order valence-corrected chi connectivity index (χ2v) is 5.90. The Morgan fingerprint density at radius 3 is 2.47 bits per heavy atom. The Labute approximate surface area is 117 Å². The van der Waals surface area contributed by atoms with Gasteiger partial charge in [-0.3, -0.25) is 0 Å². The van der Waals surface area contributed by atoms with E-state index in [2.05, 4.69) is 38.0 Å². The number of ether oxygens (including phenoxy) is 1. The largest absolute Gasteiger partial charge is 0.465 e. The lowest BCUT2D eigenvalue weighted by Gasteiger charge is -2.37. The maximum absolute atomic E-state index is 12.5. The molecule has 0 saturated heterocycles. The summed E-state index contributed by atoms with van der Waals surface area (Å²) in [7, 11) is 2.08. The van der Waals surface area contributed by atoms with Crippen molar-refractivity contribution in [3.8, 4) is 0 Å². The molecule has 0 bridgehead atoms. The van der Waals surface area contributed by atoms with Gasteiger partial charge in [-0.15, -0.1) is 0 Å². The van der Waals surface area contributed by atoms with E-state index in [0.717, 1.165) is 32.4 Å². The first-order valence-corrected chi connectivity index (χ1v) is 7.60. The molecule has 1 unspecified atom stereocenters. The number of hydrogen-bond donors (Lipinski definition) is 1. The van der Waals surface area contributed by atoms with Crippen LogP contribution in [-0.4, -0.2) is 49.2 Å². The summed E-state index contributed by atoms with van der Waals surface area (Å²) in [6, 6.07) is 0.427. The number of carbonyl (C=O) groups excluding carboxylic acids is 1. The molecule has 0 aromatic rings. The van der Waals surface area contributed by atoms with Crippen LogP contribution >= 0.6 is 0 Å². The smallest absolute Gasteiger partial charge is 0.327 e. The van der Waals surface area contributed by atoms with Crippen LogP contribution < -0.4 is 5.32 Å². The van der Waals surface area contributed by atoms with Crippen molar-refractivity contribution in [1.29, 1.82) is 0 Å². The van der Waals surface area contributed by atoms with Crippen LogP contribution in [0.2, 0.25) is 0 Å². The molecule has 1 aliphatic rings. The van der Waals surface area contributed by atoms with Crippen LogP contribution in [0.25, 0.3) is 0 Å². The minimum atomic E-state index is -0.509. The maximum Gasteiger partial charge on any atom is 0.327 e. The SMILES string of the molecule is CCCNC(CN(C)C(C)C)(C(=O)OCC)C1CC1. The van der Waals surface area contributed by atoms with Crippen LogP contribution in [0.4, 0.5) is 0 Å². The van der Waals surface area contributed by atoms with Gasteiger partial charge in [0.15, 0.2) is 0 Å². The van der Waals surface area contributed by atoms with E-state index < -0.39 is 5.54 Å². The van der Waals surface area contributed by atoms with Gasteiger partial charge in [0.25, 0.3) is 0 Å². The van der Waals surface area contributed by atoms with Crippen LogP contribution in [-0.2, 0) is 9.53 Å². The summed E-state index contributed by atoms with van der Waals surface area (Å²) in [5.74, 6) is 0.359. The second kappa shape index (κ2) is 7.25. The number of nitrogens with one attached hydrogen (secondary N) is 1. The first kappa shape index (κ1) is 16.4. The minimum Gasteiger partial charge on any atom is -0.465 e. The fraction of sp³-hybridized carbons (Fsp3) is 0.933. The molecule has 0 spiro atoms. The molecule has 0 amide bonds. The highest BCUT2D eigenvalue weighted by atomic mass is 16.5. The monoisotopic (exact) mass is 270 g/mol. The number of carbonyl (C=O) groups is 1. The third kappa shape index (κ3) is 4.18. The fourth-order valence-electron chi connectivity index (χ4n) is 2.39. The molecule has 1 fully saturated rings. The number of nitrogens with zero attached hydrogens (tertiary/aromatic N) is 1. The molecule has 1 aliphatic carbocycles. The lowest BCUT2D eigenvalue weighted by atomic mass is 9.91. The summed E-state index contributed by atoms with van der Waals surface area (Å²) in [4.78, 5) is 14.7. The summed E-state index contributed by atoms with van der Waals surface area (Å²) >= 11 is 0. The van der Waals surface area contributed by atoms with E-state index in [4.69, 9.17) is 4.74 Å². The third-order valence-electron chi connectivity index (χ3n) is 3.98.